The molecule has 1 fully saturated rings. The lowest BCUT2D eigenvalue weighted by Crippen LogP contribution is -2.33. The summed E-state index contributed by atoms with van der Waals surface area (Å²) in [5, 5.41) is 8.80. The molecule has 25 heavy (non-hydrogen) atoms. The fraction of sp³-hybridized carbons (Fsp3) is 0.333. The van der Waals surface area contributed by atoms with Crippen molar-refractivity contribution in [3.05, 3.63) is 42.4 Å². The van der Waals surface area contributed by atoms with Crippen molar-refractivity contribution >= 4 is 29.0 Å². The minimum absolute atomic E-state index is 0.113. The molecule has 7 nitrogen and oxygen atoms in total. The summed E-state index contributed by atoms with van der Waals surface area (Å²) < 4.78 is 0. The van der Waals surface area contributed by atoms with Gasteiger partial charge in [-0.1, -0.05) is 12.8 Å². The minimum atomic E-state index is -0.175. The Labute approximate surface area is 146 Å². The maximum atomic E-state index is 12.1. The molecule has 130 valence electrons. The van der Waals surface area contributed by atoms with Crippen LogP contribution in [0.15, 0.2) is 36.7 Å². The summed E-state index contributed by atoms with van der Waals surface area (Å²) in [6.45, 7) is 1.46. The monoisotopic (exact) mass is 339 g/mol. The van der Waals surface area contributed by atoms with E-state index < -0.39 is 0 Å². The smallest absolute Gasteiger partial charge is 0.271 e. The van der Waals surface area contributed by atoms with Crippen molar-refractivity contribution in [1.82, 2.24) is 15.3 Å². The maximum absolute atomic E-state index is 12.1. The van der Waals surface area contributed by atoms with Gasteiger partial charge in [-0.3, -0.25) is 9.59 Å². The number of benzene rings is 1. The van der Waals surface area contributed by atoms with Crippen LogP contribution < -0.4 is 16.0 Å². The van der Waals surface area contributed by atoms with E-state index in [0.717, 1.165) is 24.2 Å². The Balaban J connectivity index is 1.58. The summed E-state index contributed by atoms with van der Waals surface area (Å²) in [5.41, 5.74) is 1.85. The van der Waals surface area contributed by atoms with Gasteiger partial charge in [-0.05, 0) is 37.1 Å². The van der Waals surface area contributed by atoms with E-state index in [1.54, 1.807) is 12.1 Å². The molecule has 1 aromatic heterocycles. The first-order chi connectivity index (χ1) is 12.1. The zero-order chi connectivity index (χ0) is 17.6. The van der Waals surface area contributed by atoms with E-state index in [-0.39, 0.29) is 17.9 Å². The molecular formula is C18H21N5O2. The number of nitrogens with one attached hydrogen (secondary N) is 3. The van der Waals surface area contributed by atoms with Crippen LogP contribution in [-0.2, 0) is 4.79 Å². The lowest BCUT2D eigenvalue weighted by Gasteiger charge is -2.11. The van der Waals surface area contributed by atoms with Gasteiger partial charge in [-0.25, -0.2) is 9.97 Å². The lowest BCUT2D eigenvalue weighted by atomic mass is 10.2. The second-order valence-electron chi connectivity index (χ2n) is 6.13. The molecule has 1 aliphatic rings. The van der Waals surface area contributed by atoms with Gasteiger partial charge >= 0.3 is 0 Å². The molecule has 2 amide bonds. The fourth-order valence-corrected chi connectivity index (χ4v) is 2.83. The quantitative estimate of drug-likeness (QED) is 0.778. The van der Waals surface area contributed by atoms with Crippen molar-refractivity contribution in [3.63, 3.8) is 0 Å². The van der Waals surface area contributed by atoms with Crippen LogP contribution in [0.5, 0.6) is 0 Å². The molecule has 1 aromatic carbocycles. The topological polar surface area (TPSA) is 96.0 Å². The molecule has 1 saturated carbocycles. The molecule has 0 unspecified atom stereocenters. The lowest BCUT2D eigenvalue weighted by molar-refractivity contribution is -0.114. The normalized spacial score (nSPS) is 14.1. The first-order valence-corrected chi connectivity index (χ1v) is 8.38. The van der Waals surface area contributed by atoms with Crippen molar-refractivity contribution < 1.29 is 9.59 Å². The molecule has 0 aliphatic heterocycles. The van der Waals surface area contributed by atoms with Crippen LogP contribution >= 0.6 is 0 Å². The van der Waals surface area contributed by atoms with Crippen LogP contribution in [0.1, 0.15) is 43.1 Å². The predicted octanol–water partition coefficient (Wildman–Crippen LogP) is 2.85. The van der Waals surface area contributed by atoms with E-state index >= 15 is 0 Å². The Morgan fingerprint density at radius 2 is 1.68 bits per heavy atom. The summed E-state index contributed by atoms with van der Waals surface area (Å²) in [5.74, 6) is 0.258. The predicted molar refractivity (Wildman–Crippen MR) is 95.8 cm³/mol. The molecule has 1 aliphatic carbocycles. The van der Waals surface area contributed by atoms with Gasteiger partial charge in [0.25, 0.3) is 5.91 Å². The summed E-state index contributed by atoms with van der Waals surface area (Å²) in [4.78, 5) is 31.6. The standard InChI is InChI=1S/C18H21N5O2/c1-12(24)21-14-6-8-15(9-7-14)22-17-11-19-16(10-20-17)18(25)23-13-4-2-3-5-13/h6-11,13H,2-5H2,1H3,(H,20,22)(H,21,24)(H,23,25). The number of nitrogens with zero attached hydrogens (tertiary/aromatic N) is 2. The van der Waals surface area contributed by atoms with Crippen LogP contribution in [0.2, 0.25) is 0 Å². The van der Waals surface area contributed by atoms with E-state index in [2.05, 4.69) is 25.9 Å². The molecule has 1 heterocycles. The Kier molecular flexibility index (Phi) is 5.23. The molecule has 0 spiro atoms. The van der Waals surface area contributed by atoms with Gasteiger partial charge in [0.2, 0.25) is 5.91 Å². The van der Waals surface area contributed by atoms with Crippen LogP contribution in [0.3, 0.4) is 0 Å². The van der Waals surface area contributed by atoms with Gasteiger partial charge in [0, 0.05) is 24.3 Å². The largest absolute Gasteiger partial charge is 0.348 e. The van der Waals surface area contributed by atoms with Crippen LogP contribution in [0.25, 0.3) is 0 Å². The molecule has 7 heteroatoms. The van der Waals surface area contributed by atoms with Gasteiger partial charge < -0.3 is 16.0 Å². The number of carbonyl (C=O) groups excluding carboxylic acids is 2. The molecule has 0 bridgehead atoms. The van der Waals surface area contributed by atoms with Crippen molar-refractivity contribution in [2.24, 2.45) is 0 Å². The highest BCUT2D eigenvalue weighted by molar-refractivity contribution is 5.92. The number of rotatable bonds is 5. The van der Waals surface area contributed by atoms with Crippen LogP contribution in [-0.4, -0.2) is 27.8 Å². The summed E-state index contributed by atoms with van der Waals surface area (Å²) in [7, 11) is 0. The van der Waals surface area contributed by atoms with Gasteiger partial charge in [0.1, 0.15) is 11.5 Å². The molecule has 2 aromatic rings. The highest BCUT2D eigenvalue weighted by Crippen LogP contribution is 2.19. The summed E-state index contributed by atoms with van der Waals surface area (Å²) in [6.07, 6.45) is 7.41. The summed E-state index contributed by atoms with van der Waals surface area (Å²) >= 11 is 0. The Bertz CT molecular complexity index is 737. The van der Waals surface area contributed by atoms with E-state index in [9.17, 15) is 9.59 Å². The Hall–Kier alpha value is -2.96. The number of amides is 2. The molecule has 3 rings (SSSR count). The van der Waals surface area contributed by atoms with E-state index in [4.69, 9.17) is 0 Å². The zero-order valence-corrected chi connectivity index (χ0v) is 14.1. The van der Waals surface area contributed by atoms with E-state index in [0.29, 0.717) is 11.5 Å². The summed E-state index contributed by atoms with van der Waals surface area (Å²) in [6, 6.07) is 7.50. The van der Waals surface area contributed by atoms with Gasteiger partial charge in [-0.2, -0.15) is 0 Å². The minimum Gasteiger partial charge on any atom is -0.348 e. The second kappa shape index (κ2) is 7.74. The number of hydrogen-bond acceptors (Lipinski definition) is 5. The van der Waals surface area contributed by atoms with Crippen molar-refractivity contribution in [1.29, 1.82) is 0 Å². The molecule has 0 atom stereocenters. The maximum Gasteiger partial charge on any atom is 0.271 e. The fourth-order valence-electron chi connectivity index (χ4n) is 2.83. The van der Waals surface area contributed by atoms with Crippen LogP contribution in [0.4, 0.5) is 17.2 Å². The molecular weight excluding hydrogens is 318 g/mol. The highest BCUT2D eigenvalue weighted by atomic mass is 16.2. The van der Waals surface area contributed by atoms with E-state index in [1.807, 2.05) is 12.1 Å². The van der Waals surface area contributed by atoms with Crippen molar-refractivity contribution in [2.75, 3.05) is 10.6 Å². The third kappa shape index (κ3) is 4.76. The van der Waals surface area contributed by atoms with E-state index in [1.165, 1.54) is 32.2 Å². The number of anilines is 3. The van der Waals surface area contributed by atoms with Gasteiger partial charge in [-0.15, -0.1) is 0 Å². The van der Waals surface area contributed by atoms with Crippen molar-refractivity contribution in [2.45, 2.75) is 38.6 Å². The van der Waals surface area contributed by atoms with Crippen molar-refractivity contribution in [3.8, 4) is 0 Å². The second-order valence-corrected chi connectivity index (χ2v) is 6.13. The number of aromatic nitrogens is 2. The average molecular weight is 339 g/mol. The Morgan fingerprint density at radius 1 is 1.00 bits per heavy atom. The average Bonchev–Trinajstić information content (AvgIpc) is 3.10. The first kappa shape index (κ1) is 16.9. The first-order valence-electron chi connectivity index (χ1n) is 8.38. The van der Waals surface area contributed by atoms with Gasteiger partial charge in [0.15, 0.2) is 0 Å². The molecule has 3 N–H and O–H groups in total. The molecule has 0 saturated heterocycles. The third-order valence-corrected chi connectivity index (χ3v) is 4.05. The molecule has 0 radical (unpaired) electrons. The Morgan fingerprint density at radius 3 is 2.28 bits per heavy atom. The van der Waals surface area contributed by atoms with Crippen LogP contribution in [0, 0.1) is 0 Å². The highest BCUT2D eigenvalue weighted by Gasteiger charge is 2.18. The zero-order valence-electron chi connectivity index (χ0n) is 14.1. The third-order valence-electron chi connectivity index (χ3n) is 4.05. The van der Waals surface area contributed by atoms with Gasteiger partial charge in [0.05, 0.1) is 12.4 Å². The number of hydrogen-bond donors (Lipinski definition) is 3. The SMILES string of the molecule is CC(=O)Nc1ccc(Nc2cnc(C(=O)NC3CCCC3)cn2)cc1. The number of carbonyl (C=O) groups is 2.